The normalized spacial score (nSPS) is 15.0. The first-order valence-electron chi connectivity index (χ1n) is 6.44. The maximum Gasteiger partial charge on any atom is 0.180 e. The van der Waals surface area contributed by atoms with Crippen LogP contribution in [0.25, 0.3) is 0 Å². The average Bonchev–Trinajstić information content (AvgIpc) is 3.02. The Morgan fingerprint density at radius 2 is 1.89 bits per heavy atom. The zero-order valence-corrected chi connectivity index (χ0v) is 11.7. The van der Waals surface area contributed by atoms with Crippen molar-refractivity contribution in [1.29, 1.82) is 0 Å². The van der Waals surface area contributed by atoms with Crippen LogP contribution in [0.1, 0.15) is 46.0 Å². The minimum absolute atomic E-state index is 0.680. The highest BCUT2D eigenvalue weighted by Crippen LogP contribution is 2.43. The first-order chi connectivity index (χ1) is 8.61. The van der Waals surface area contributed by atoms with Crippen molar-refractivity contribution >= 4 is 16.5 Å². The van der Waals surface area contributed by atoms with Crippen molar-refractivity contribution in [3.63, 3.8) is 0 Å². The lowest BCUT2D eigenvalue weighted by atomic mass is 10.0. The summed E-state index contributed by atoms with van der Waals surface area (Å²) in [5.74, 6) is 0.680. The largest absolute Gasteiger partial charge is 0.375 e. The van der Waals surface area contributed by atoms with E-state index in [2.05, 4.69) is 37.0 Å². The smallest absolute Gasteiger partial charge is 0.180 e. The van der Waals surface area contributed by atoms with E-state index in [4.69, 9.17) is 5.73 Å². The van der Waals surface area contributed by atoms with E-state index in [9.17, 15) is 0 Å². The SMILES string of the molecule is Cc1cc(C)cc(Cc2sc(N)nc2C2CC2)c1. The van der Waals surface area contributed by atoms with Gasteiger partial charge in [-0.1, -0.05) is 29.3 Å². The van der Waals surface area contributed by atoms with E-state index in [-0.39, 0.29) is 0 Å². The second-order valence-corrected chi connectivity index (χ2v) is 6.42. The van der Waals surface area contributed by atoms with Crippen molar-refractivity contribution in [2.24, 2.45) is 0 Å². The Morgan fingerprint density at radius 1 is 1.22 bits per heavy atom. The fraction of sp³-hybridized carbons (Fsp3) is 0.400. The number of rotatable bonds is 3. The van der Waals surface area contributed by atoms with E-state index in [1.807, 2.05) is 0 Å². The fourth-order valence-electron chi connectivity index (χ4n) is 2.54. The minimum Gasteiger partial charge on any atom is -0.375 e. The van der Waals surface area contributed by atoms with Crippen LogP contribution in [-0.2, 0) is 6.42 Å². The van der Waals surface area contributed by atoms with Gasteiger partial charge >= 0.3 is 0 Å². The average molecular weight is 258 g/mol. The number of anilines is 1. The molecule has 1 aromatic heterocycles. The third kappa shape index (κ3) is 2.41. The summed E-state index contributed by atoms with van der Waals surface area (Å²) in [7, 11) is 0. The number of aryl methyl sites for hydroxylation is 2. The Bertz CT molecular complexity index is 562. The number of hydrogen-bond donors (Lipinski definition) is 1. The van der Waals surface area contributed by atoms with Gasteiger partial charge in [0.05, 0.1) is 5.69 Å². The summed E-state index contributed by atoms with van der Waals surface area (Å²) in [6.07, 6.45) is 3.54. The molecule has 1 aliphatic rings. The van der Waals surface area contributed by atoms with Crippen LogP contribution < -0.4 is 5.73 Å². The molecule has 3 rings (SSSR count). The van der Waals surface area contributed by atoms with Gasteiger partial charge in [0.1, 0.15) is 0 Å². The molecule has 94 valence electrons. The van der Waals surface area contributed by atoms with Crippen LogP contribution in [0, 0.1) is 13.8 Å². The number of thiazole rings is 1. The predicted molar refractivity (Wildman–Crippen MR) is 77.2 cm³/mol. The van der Waals surface area contributed by atoms with Crippen molar-refractivity contribution in [3.8, 4) is 0 Å². The summed E-state index contributed by atoms with van der Waals surface area (Å²) >= 11 is 1.66. The molecule has 0 radical (unpaired) electrons. The predicted octanol–water partition coefficient (Wildman–Crippen LogP) is 3.81. The quantitative estimate of drug-likeness (QED) is 0.909. The number of nitrogens with zero attached hydrogens (tertiary/aromatic N) is 1. The Balaban J connectivity index is 1.91. The molecule has 0 atom stereocenters. The monoisotopic (exact) mass is 258 g/mol. The van der Waals surface area contributed by atoms with Crippen molar-refractivity contribution in [2.75, 3.05) is 5.73 Å². The molecule has 1 aromatic carbocycles. The molecule has 1 fully saturated rings. The van der Waals surface area contributed by atoms with Gasteiger partial charge in [-0.25, -0.2) is 4.98 Å². The lowest BCUT2D eigenvalue weighted by Gasteiger charge is -2.05. The van der Waals surface area contributed by atoms with E-state index in [1.165, 1.54) is 40.1 Å². The first-order valence-corrected chi connectivity index (χ1v) is 7.25. The molecule has 0 saturated heterocycles. The van der Waals surface area contributed by atoms with Crippen LogP contribution in [-0.4, -0.2) is 4.98 Å². The molecule has 2 nitrogen and oxygen atoms in total. The molecule has 0 spiro atoms. The topological polar surface area (TPSA) is 38.9 Å². The van der Waals surface area contributed by atoms with Crippen molar-refractivity contribution in [3.05, 3.63) is 45.5 Å². The highest BCUT2D eigenvalue weighted by Gasteiger charge is 2.29. The summed E-state index contributed by atoms with van der Waals surface area (Å²) < 4.78 is 0. The van der Waals surface area contributed by atoms with Gasteiger partial charge in [-0.3, -0.25) is 0 Å². The molecule has 0 amide bonds. The summed E-state index contributed by atoms with van der Waals surface area (Å²) in [4.78, 5) is 5.87. The molecule has 1 aliphatic carbocycles. The second kappa shape index (κ2) is 4.39. The van der Waals surface area contributed by atoms with Crippen molar-refractivity contribution in [1.82, 2.24) is 4.98 Å². The van der Waals surface area contributed by atoms with E-state index >= 15 is 0 Å². The Kier molecular flexibility index (Phi) is 2.86. The molecular weight excluding hydrogens is 240 g/mol. The summed E-state index contributed by atoms with van der Waals surface area (Å²) in [5, 5.41) is 0.719. The lowest BCUT2D eigenvalue weighted by Crippen LogP contribution is -1.92. The molecular formula is C15H18N2S. The van der Waals surface area contributed by atoms with E-state index in [1.54, 1.807) is 11.3 Å². The number of nitrogen functional groups attached to an aromatic ring is 1. The molecule has 0 bridgehead atoms. The van der Waals surface area contributed by atoms with Gasteiger partial charge in [0.25, 0.3) is 0 Å². The maximum atomic E-state index is 5.87. The molecule has 1 heterocycles. The van der Waals surface area contributed by atoms with E-state index < -0.39 is 0 Å². The molecule has 18 heavy (non-hydrogen) atoms. The van der Waals surface area contributed by atoms with Gasteiger partial charge < -0.3 is 5.73 Å². The lowest BCUT2D eigenvalue weighted by molar-refractivity contribution is 1.01. The number of nitrogens with two attached hydrogens (primary N) is 1. The third-order valence-corrected chi connectivity index (χ3v) is 4.25. The summed E-state index contributed by atoms with van der Waals surface area (Å²) in [5.41, 5.74) is 11.2. The zero-order valence-electron chi connectivity index (χ0n) is 10.9. The van der Waals surface area contributed by atoms with Crippen LogP contribution in [0.3, 0.4) is 0 Å². The molecule has 2 aromatic rings. The zero-order chi connectivity index (χ0) is 12.7. The Hall–Kier alpha value is -1.35. The number of hydrogen-bond acceptors (Lipinski definition) is 3. The molecule has 3 heteroatoms. The molecule has 1 saturated carbocycles. The van der Waals surface area contributed by atoms with Crippen molar-refractivity contribution < 1.29 is 0 Å². The number of benzene rings is 1. The molecule has 0 aliphatic heterocycles. The van der Waals surface area contributed by atoms with Crippen LogP contribution in [0.2, 0.25) is 0 Å². The Morgan fingerprint density at radius 3 is 2.50 bits per heavy atom. The van der Waals surface area contributed by atoms with Gasteiger partial charge in [0.15, 0.2) is 5.13 Å². The van der Waals surface area contributed by atoms with Gasteiger partial charge in [0.2, 0.25) is 0 Å². The van der Waals surface area contributed by atoms with Gasteiger partial charge in [-0.2, -0.15) is 0 Å². The fourth-order valence-corrected chi connectivity index (χ4v) is 3.49. The van der Waals surface area contributed by atoms with Gasteiger partial charge in [0, 0.05) is 17.2 Å². The van der Waals surface area contributed by atoms with Gasteiger partial charge in [-0.15, -0.1) is 11.3 Å². The first kappa shape index (κ1) is 11.7. The standard InChI is InChI=1S/C15H18N2S/c1-9-5-10(2)7-11(6-9)8-13-14(12-3-4-12)17-15(16)18-13/h5-7,12H,3-4,8H2,1-2H3,(H2,16,17). The van der Waals surface area contributed by atoms with E-state index in [0.717, 1.165) is 11.6 Å². The second-order valence-electron chi connectivity index (χ2n) is 5.31. The summed E-state index contributed by atoms with van der Waals surface area (Å²) in [6.45, 7) is 4.30. The molecule has 0 unspecified atom stereocenters. The maximum absolute atomic E-state index is 5.87. The summed E-state index contributed by atoms with van der Waals surface area (Å²) in [6, 6.07) is 6.74. The molecule has 2 N–H and O–H groups in total. The van der Waals surface area contributed by atoms with Crippen LogP contribution in [0.15, 0.2) is 18.2 Å². The number of aromatic nitrogens is 1. The Labute approximate surface area is 112 Å². The highest BCUT2D eigenvalue weighted by atomic mass is 32.1. The van der Waals surface area contributed by atoms with Crippen molar-refractivity contribution in [2.45, 2.75) is 39.0 Å². The third-order valence-electron chi connectivity index (χ3n) is 3.35. The van der Waals surface area contributed by atoms with Crippen LogP contribution in [0.4, 0.5) is 5.13 Å². The van der Waals surface area contributed by atoms with E-state index in [0.29, 0.717) is 5.92 Å². The minimum atomic E-state index is 0.680. The highest BCUT2D eigenvalue weighted by molar-refractivity contribution is 7.15. The van der Waals surface area contributed by atoms with Crippen LogP contribution >= 0.6 is 11.3 Å². The van der Waals surface area contributed by atoms with Gasteiger partial charge in [-0.05, 0) is 32.3 Å². The van der Waals surface area contributed by atoms with Crippen LogP contribution in [0.5, 0.6) is 0 Å².